The molecule has 0 heterocycles. The molecule has 1 aliphatic carbocycles. The van der Waals surface area contributed by atoms with Crippen molar-refractivity contribution >= 4 is 11.7 Å². The van der Waals surface area contributed by atoms with Crippen LogP contribution in [0.15, 0.2) is 23.4 Å². The minimum Gasteiger partial charge on any atom is -0.409 e. The van der Waals surface area contributed by atoms with E-state index in [1.165, 1.54) is 12.1 Å². The van der Waals surface area contributed by atoms with E-state index in [4.69, 9.17) is 10.9 Å². The number of oxime groups is 1. The van der Waals surface area contributed by atoms with Crippen LogP contribution in [0.25, 0.3) is 0 Å². The topological polar surface area (TPSA) is 87.7 Å². The third-order valence-corrected chi connectivity index (χ3v) is 3.86. The van der Waals surface area contributed by atoms with Gasteiger partial charge in [0.15, 0.2) is 5.84 Å². The summed E-state index contributed by atoms with van der Waals surface area (Å²) in [6.07, 6.45) is 2.19. The number of halogens is 2. The Morgan fingerprint density at radius 1 is 1.33 bits per heavy atom. The van der Waals surface area contributed by atoms with Crippen LogP contribution in [-0.2, 0) is 11.2 Å². The summed E-state index contributed by atoms with van der Waals surface area (Å²) in [6, 6.07) is 3.24. The molecule has 0 aliphatic heterocycles. The summed E-state index contributed by atoms with van der Waals surface area (Å²) in [5.41, 5.74) is 5.09. The molecule has 1 aliphatic rings. The predicted octanol–water partition coefficient (Wildman–Crippen LogP) is 1.54. The molecule has 1 saturated carbocycles. The monoisotopic (exact) mass is 297 g/mol. The van der Waals surface area contributed by atoms with Crippen molar-refractivity contribution in [1.29, 1.82) is 0 Å². The number of amides is 1. The van der Waals surface area contributed by atoms with Crippen LogP contribution in [0, 0.1) is 17.0 Å². The van der Waals surface area contributed by atoms with Crippen LogP contribution >= 0.6 is 0 Å². The van der Waals surface area contributed by atoms with Gasteiger partial charge in [-0.15, -0.1) is 0 Å². The van der Waals surface area contributed by atoms with E-state index < -0.39 is 17.0 Å². The Kier molecular flexibility index (Phi) is 4.40. The van der Waals surface area contributed by atoms with Gasteiger partial charge in [0.1, 0.15) is 17.0 Å². The second-order valence-corrected chi connectivity index (χ2v) is 5.20. The first kappa shape index (κ1) is 15.2. The molecule has 0 aromatic heterocycles. The van der Waals surface area contributed by atoms with E-state index in [9.17, 15) is 13.6 Å². The van der Waals surface area contributed by atoms with Gasteiger partial charge in [-0.3, -0.25) is 4.79 Å². The maximum atomic E-state index is 13.0. The van der Waals surface area contributed by atoms with Crippen LogP contribution < -0.4 is 11.1 Å². The molecule has 0 bridgehead atoms. The van der Waals surface area contributed by atoms with Crippen LogP contribution in [-0.4, -0.2) is 23.5 Å². The summed E-state index contributed by atoms with van der Waals surface area (Å²) in [5.74, 6) is -1.71. The number of benzene rings is 1. The number of carbonyl (C=O) groups excluding carboxylic acids is 1. The molecule has 0 saturated heterocycles. The molecule has 7 heteroatoms. The van der Waals surface area contributed by atoms with Crippen LogP contribution in [0.2, 0.25) is 0 Å². The Morgan fingerprint density at radius 3 is 2.43 bits per heavy atom. The molecule has 1 aromatic rings. The first-order valence-corrected chi connectivity index (χ1v) is 6.69. The smallest absolute Gasteiger partial charge is 0.233 e. The largest absolute Gasteiger partial charge is 0.409 e. The van der Waals surface area contributed by atoms with Gasteiger partial charge in [0.2, 0.25) is 5.91 Å². The highest BCUT2D eigenvalue weighted by molar-refractivity contribution is 6.07. The molecule has 4 N–H and O–H groups in total. The summed E-state index contributed by atoms with van der Waals surface area (Å²) in [6.45, 7) is 0.224. The number of nitrogens with zero attached hydrogens (tertiary/aromatic N) is 1. The lowest BCUT2D eigenvalue weighted by molar-refractivity contribution is -0.131. The average molecular weight is 297 g/mol. The number of rotatable bonds is 5. The quantitative estimate of drug-likeness (QED) is 0.333. The van der Waals surface area contributed by atoms with E-state index in [0.717, 1.165) is 12.5 Å². The summed E-state index contributed by atoms with van der Waals surface area (Å²) in [5, 5.41) is 14.3. The molecule has 1 aromatic carbocycles. The molecule has 21 heavy (non-hydrogen) atoms. The number of amidine groups is 1. The van der Waals surface area contributed by atoms with Crippen molar-refractivity contribution < 1.29 is 18.8 Å². The number of nitrogens with one attached hydrogen (secondary N) is 1. The second kappa shape index (κ2) is 6.07. The summed E-state index contributed by atoms with van der Waals surface area (Å²) in [7, 11) is 0. The Hall–Kier alpha value is -2.18. The highest BCUT2D eigenvalue weighted by atomic mass is 19.1. The van der Waals surface area contributed by atoms with Crippen molar-refractivity contribution in [2.24, 2.45) is 16.3 Å². The summed E-state index contributed by atoms with van der Waals surface area (Å²) >= 11 is 0. The Morgan fingerprint density at radius 2 is 1.95 bits per heavy atom. The second-order valence-electron chi connectivity index (χ2n) is 5.20. The van der Waals surface area contributed by atoms with Crippen molar-refractivity contribution in [1.82, 2.24) is 5.32 Å². The fourth-order valence-corrected chi connectivity index (χ4v) is 2.47. The molecular formula is C14H17F2N3O2. The van der Waals surface area contributed by atoms with Gasteiger partial charge in [-0.25, -0.2) is 8.78 Å². The number of hydrogen-bond acceptors (Lipinski definition) is 3. The maximum Gasteiger partial charge on any atom is 0.233 e. The minimum atomic E-state index is -0.943. The van der Waals surface area contributed by atoms with Gasteiger partial charge in [0.25, 0.3) is 0 Å². The van der Waals surface area contributed by atoms with Crippen LogP contribution in [0.4, 0.5) is 8.78 Å². The molecule has 2 rings (SSSR count). The van der Waals surface area contributed by atoms with E-state index in [1.54, 1.807) is 0 Å². The molecule has 0 atom stereocenters. The standard InChI is InChI=1S/C14H17F2N3O2/c15-10-6-9(7-11(16)8-10)2-5-18-13(20)14(3-1-4-14)12(17)19-21/h6-8,21H,1-5H2,(H2,17,19)(H,18,20). The number of hydrogen-bond donors (Lipinski definition) is 3. The Bertz CT molecular complexity index is 551. The highest BCUT2D eigenvalue weighted by Crippen LogP contribution is 2.41. The fraction of sp³-hybridized carbons (Fsp3) is 0.429. The van der Waals surface area contributed by atoms with E-state index in [1.807, 2.05) is 0 Å². The lowest BCUT2D eigenvalue weighted by Crippen LogP contribution is -2.54. The summed E-state index contributed by atoms with van der Waals surface area (Å²) in [4.78, 5) is 12.1. The van der Waals surface area contributed by atoms with Gasteiger partial charge < -0.3 is 16.3 Å². The van der Waals surface area contributed by atoms with Crippen LogP contribution in [0.5, 0.6) is 0 Å². The zero-order valence-corrected chi connectivity index (χ0v) is 11.4. The predicted molar refractivity (Wildman–Crippen MR) is 72.8 cm³/mol. The first-order chi connectivity index (χ1) is 9.98. The maximum absolute atomic E-state index is 13.0. The highest BCUT2D eigenvalue weighted by Gasteiger charge is 2.48. The zero-order valence-electron chi connectivity index (χ0n) is 11.4. The van der Waals surface area contributed by atoms with Gasteiger partial charge in [-0.2, -0.15) is 0 Å². The van der Waals surface area contributed by atoms with Crippen molar-refractivity contribution in [2.75, 3.05) is 6.54 Å². The molecule has 0 unspecified atom stereocenters. The van der Waals surface area contributed by atoms with E-state index >= 15 is 0 Å². The third-order valence-electron chi connectivity index (χ3n) is 3.86. The average Bonchev–Trinajstić information content (AvgIpc) is 2.36. The minimum absolute atomic E-state index is 0.0944. The Balaban J connectivity index is 1.92. The van der Waals surface area contributed by atoms with Gasteiger partial charge in [-0.05, 0) is 37.0 Å². The molecule has 1 amide bonds. The van der Waals surface area contributed by atoms with Crippen LogP contribution in [0.1, 0.15) is 24.8 Å². The third kappa shape index (κ3) is 3.12. The Labute approximate surface area is 120 Å². The van der Waals surface area contributed by atoms with Crippen molar-refractivity contribution in [2.45, 2.75) is 25.7 Å². The van der Waals surface area contributed by atoms with Crippen molar-refractivity contribution in [3.8, 4) is 0 Å². The molecule has 114 valence electrons. The molecule has 5 nitrogen and oxygen atoms in total. The molecular weight excluding hydrogens is 280 g/mol. The number of carbonyl (C=O) groups is 1. The fourth-order valence-electron chi connectivity index (χ4n) is 2.47. The first-order valence-electron chi connectivity index (χ1n) is 6.69. The zero-order chi connectivity index (χ0) is 15.5. The summed E-state index contributed by atoms with van der Waals surface area (Å²) < 4.78 is 26.1. The van der Waals surface area contributed by atoms with E-state index in [-0.39, 0.29) is 18.3 Å². The van der Waals surface area contributed by atoms with E-state index in [2.05, 4.69) is 10.5 Å². The normalized spacial score (nSPS) is 17.1. The van der Waals surface area contributed by atoms with Gasteiger partial charge in [-0.1, -0.05) is 11.6 Å². The molecule has 0 radical (unpaired) electrons. The van der Waals surface area contributed by atoms with Gasteiger partial charge >= 0.3 is 0 Å². The van der Waals surface area contributed by atoms with Crippen molar-refractivity contribution in [3.63, 3.8) is 0 Å². The molecule has 1 fully saturated rings. The van der Waals surface area contributed by atoms with Gasteiger partial charge in [0, 0.05) is 12.6 Å². The lowest BCUT2D eigenvalue weighted by Gasteiger charge is -2.38. The van der Waals surface area contributed by atoms with E-state index in [0.29, 0.717) is 24.8 Å². The van der Waals surface area contributed by atoms with Crippen LogP contribution in [0.3, 0.4) is 0 Å². The SMILES string of the molecule is N/C(=N/O)C1(C(=O)NCCc2cc(F)cc(F)c2)CCC1. The number of nitrogens with two attached hydrogens (primary N) is 1. The lowest BCUT2D eigenvalue weighted by atomic mass is 9.67. The van der Waals surface area contributed by atoms with Gasteiger partial charge in [0.05, 0.1) is 0 Å². The molecule has 0 spiro atoms. The van der Waals surface area contributed by atoms with Crippen molar-refractivity contribution in [3.05, 3.63) is 35.4 Å².